The molecule has 142 valence electrons. The Morgan fingerprint density at radius 2 is 1.70 bits per heavy atom. The van der Waals surface area contributed by atoms with Crippen molar-refractivity contribution in [1.82, 2.24) is 10.2 Å². The van der Waals surface area contributed by atoms with Crippen molar-refractivity contribution >= 4 is 33.4 Å². The van der Waals surface area contributed by atoms with E-state index in [1.54, 1.807) is 36.3 Å². The Kier molecular flexibility index (Phi) is 6.34. The Labute approximate surface area is 167 Å². The molecule has 0 radical (unpaired) electrons. The number of carbonyl (C=O) groups excluding carboxylic acids is 2. The highest BCUT2D eigenvalue weighted by Crippen LogP contribution is 2.28. The van der Waals surface area contributed by atoms with Crippen molar-refractivity contribution in [3.05, 3.63) is 58.6 Å². The van der Waals surface area contributed by atoms with Crippen LogP contribution in [0.1, 0.15) is 10.4 Å². The summed E-state index contributed by atoms with van der Waals surface area (Å²) in [5.41, 5.74) is 1.57. The highest BCUT2D eigenvalue weighted by Gasteiger charge is 2.23. The van der Waals surface area contributed by atoms with Gasteiger partial charge in [0.1, 0.15) is 5.75 Å². The van der Waals surface area contributed by atoms with Crippen LogP contribution in [0.15, 0.2) is 53.0 Å². The molecular weight excluding hydrogens is 410 g/mol. The first-order chi connectivity index (χ1) is 13.1. The highest BCUT2D eigenvalue weighted by atomic mass is 79.9. The number of hydrogen-bond acceptors (Lipinski definition) is 4. The maximum atomic E-state index is 12.4. The number of anilines is 1. The minimum absolute atomic E-state index is 0.00353. The van der Waals surface area contributed by atoms with Gasteiger partial charge in [-0.05, 0) is 36.4 Å². The maximum absolute atomic E-state index is 12.4. The molecule has 1 aliphatic rings. The molecular formula is C20H22BrN3O3. The van der Waals surface area contributed by atoms with Gasteiger partial charge in [0.25, 0.3) is 5.91 Å². The number of ether oxygens (including phenoxy) is 1. The number of halogens is 1. The second kappa shape index (κ2) is 8.90. The Bertz CT molecular complexity index is 802. The van der Waals surface area contributed by atoms with Crippen molar-refractivity contribution in [3.8, 4) is 5.75 Å². The highest BCUT2D eigenvalue weighted by molar-refractivity contribution is 9.10. The Balaban J connectivity index is 1.50. The molecule has 1 saturated heterocycles. The molecule has 1 heterocycles. The summed E-state index contributed by atoms with van der Waals surface area (Å²) in [6.07, 6.45) is 0. The van der Waals surface area contributed by atoms with Crippen LogP contribution in [0.2, 0.25) is 0 Å². The molecule has 2 amide bonds. The van der Waals surface area contributed by atoms with Gasteiger partial charge in [0, 0.05) is 36.2 Å². The number of amides is 2. The quantitative estimate of drug-likeness (QED) is 0.789. The van der Waals surface area contributed by atoms with E-state index < -0.39 is 0 Å². The predicted molar refractivity (Wildman–Crippen MR) is 108 cm³/mol. The molecule has 27 heavy (non-hydrogen) atoms. The monoisotopic (exact) mass is 431 g/mol. The normalized spacial score (nSPS) is 14.0. The van der Waals surface area contributed by atoms with Gasteiger partial charge in [-0.3, -0.25) is 9.59 Å². The Hall–Kier alpha value is -2.54. The van der Waals surface area contributed by atoms with E-state index in [0.29, 0.717) is 18.7 Å². The Morgan fingerprint density at radius 1 is 1.04 bits per heavy atom. The SMILES string of the molecule is COc1ccccc1N1CCN(C(=O)CNC(=O)c2ccc(Br)cc2)CC1. The van der Waals surface area contributed by atoms with Crippen LogP contribution in [0.25, 0.3) is 0 Å². The first kappa shape index (κ1) is 19.2. The fourth-order valence-corrected chi connectivity index (χ4v) is 3.32. The summed E-state index contributed by atoms with van der Waals surface area (Å²) >= 11 is 3.34. The van der Waals surface area contributed by atoms with Crippen LogP contribution in [0.4, 0.5) is 5.69 Å². The van der Waals surface area contributed by atoms with Crippen LogP contribution in [-0.2, 0) is 4.79 Å². The van der Waals surface area contributed by atoms with Crippen molar-refractivity contribution in [2.45, 2.75) is 0 Å². The lowest BCUT2D eigenvalue weighted by Crippen LogP contribution is -2.51. The molecule has 7 heteroatoms. The summed E-state index contributed by atoms with van der Waals surface area (Å²) in [5, 5.41) is 2.70. The summed E-state index contributed by atoms with van der Waals surface area (Å²) in [5.74, 6) is 0.516. The average Bonchev–Trinajstić information content (AvgIpc) is 2.72. The van der Waals surface area contributed by atoms with Gasteiger partial charge in [-0.15, -0.1) is 0 Å². The van der Waals surface area contributed by atoms with Crippen molar-refractivity contribution in [2.24, 2.45) is 0 Å². The molecule has 0 bridgehead atoms. The minimum atomic E-state index is -0.247. The number of nitrogens with zero attached hydrogens (tertiary/aromatic N) is 2. The number of benzene rings is 2. The first-order valence-corrected chi connectivity index (χ1v) is 9.57. The lowest BCUT2D eigenvalue weighted by atomic mass is 10.2. The van der Waals surface area contributed by atoms with Crippen LogP contribution in [0, 0.1) is 0 Å². The third-order valence-electron chi connectivity index (χ3n) is 4.56. The summed E-state index contributed by atoms with van der Waals surface area (Å²) in [6.45, 7) is 2.69. The zero-order valence-electron chi connectivity index (χ0n) is 15.2. The zero-order chi connectivity index (χ0) is 19.2. The van der Waals surface area contributed by atoms with Crippen molar-refractivity contribution < 1.29 is 14.3 Å². The first-order valence-electron chi connectivity index (χ1n) is 8.78. The maximum Gasteiger partial charge on any atom is 0.251 e. The topological polar surface area (TPSA) is 61.9 Å². The van der Waals surface area contributed by atoms with Crippen LogP contribution in [-0.4, -0.2) is 56.5 Å². The van der Waals surface area contributed by atoms with Crippen molar-refractivity contribution in [1.29, 1.82) is 0 Å². The number of rotatable bonds is 5. The number of nitrogens with one attached hydrogen (secondary N) is 1. The van der Waals surface area contributed by atoms with Crippen LogP contribution in [0.5, 0.6) is 5.75 Å². The van der Waals surface area contributed by atoms with E-state index in [-0.39, 0.29) is 18.4 Å². The van der Waals surface area contributed by atoms with E-state index in [4.69, 9.17) is 4.74 Å². The fraction of sp³-hybridized carbons (Fsp3) is 0.300. The standard InChI is InChI=1S/C20H22BrN3O3/c1-27-18-5-3-2-4-17(18)23-10-12-24(13-11-23)19(25)14-22-20(26)15-6-8-16(21)9-7-15/h2-9H,10-14H2,1H3,(H,22,26). The van der Waals surface area contributed by atoms with Crippen LogP contribution >= 0.6 is 15.9 Å². The number of hydrogen-bond donors (Lipinski definition) is 1. The molecule has 2 aromatic rings. The van der Waals surface area contributed by atoms with E-state index in [2.05, 4.69) is 26.1 Å². The largest absolute Gasteiger partial charge is 0.495 e. The molecule has 0 aromatic heterocycles. The second-order valence-electron chi connectivity index (χ2n) is 6.23. The summed E-state index contributed by atoms with van der Waals surface area (Å²) < 4.78 is 6.32. The van der Waals surface area contributed by atoms with Gasteiger partial charge in [0.2, 0.25) is 5.91 Å². The minimum Gasteiger partial charge on any atom is -0.495 e. The number of carbonyl (C=O) groups is 2. The number of piperazine rings is 1. The second-order valence-corrected chi connectivity index (χ2v) is 7.14. The number of methoxy groups -OCH3 is 1. The van der Waals surface area contributed by atoms with Gasteiger partial charge >= 0.3 is 0 Å². The van der Waals surface area contributed by atoms with Gasteiger partial charge in [-0.2, -0.15) is 0 Å². The van der Waals surface area contributed by atoms with Crippen molar-refractivity contribution in [3.63, 3.8) is 0 Å². The molecule has 0 unspecified atom stereocenters. The van der Waals surface area contributed by atoms with E-state index in [1.807, 2.05) is 24.3 Å². The lowest BCUT2D eigenvalue weighted by Gasteiger charge is -2.36. The van der Waals surface area contributed by atoms with Crippen molar-refractivity contribution in [2.75, 3.05) is 44.7 Å². The average molecular weight is 432 g/mol. The third-order valence-corrected chi connectivity index (χ3v) is 5.09. The van der Waals surface area contributed by atoms with E-state index in [9.17, 15) is 9.59 Å². The van der Waals surface area contributed by atoms with Gasteiger partial charge < -0.3 is 19.9 Å². The van der Waals surface area contributed by atoms with Gasteiger partial charge in [0.15, 0.2) is 0 Å². The fourth-order valence-electron chi connectivity index (χ4n) is 3.06. The van der Waals surface area contributed by atoms with E-state index in [0.717, 1.165) is 29.0 Å². The molecule has 0 saturated carbocycles. The summed E-state index contributed by atoms with van der Waals surface area (Å²) in [6, 6.07) is 14.9. The van der Waals surface area contributed by atoms with Crippen LogP contribution in [0.3, 0.4) is 0 Å². The van der Waals surface area contributed by atoms with E-state index >= 15 is 0 Å². The summed E-state index contributed by atoms with van der Waals surface area (Å²) in [7, 11) is 1.66. The third kappa shape index (κ3) is 4.80. The molecule has 6 nitrogen and oxygen atoms in total. The van der Waals surface area contributed by atoms with Crippen LogP contribution < -0.4 is 15.0 Å². The smallest absolute Gasteiger partial charge is 0.251 e. The molecule has 1 fully saturated rings. The Morgan fingerprint density at radius 3 is 2.37 bits per heavy atom. The molecule has 3 rings (SSSR count). The van der Waals surface area contributed by atoms with Gasteiger partial charge in [-0.1, -0.05) is 28.1 Å². The molecule has 2 aromatic carbocycles. The molecule has 0 atom stereocenters. The molecule has 0 aliphatic carbocycles. The molecule has 1 aliphatic heterocycles. The van der Waals surface area contributed by atoms with Gasteiger partial charge in [-0.25, -0.2) is 0 Å². The number of para-hydroxylation sites is 2. The lowest BCUT2D eigenvalue weighted by molar-refractivity contribution is -0.130. The zero-order valence-corrected chi connectivity index (χ0v) is 16.7. The predicted octanol–water partition coefficient (Wildman–Crippen LogP) is 2.54. The molecule has 0 spiro atoms. The molecule has 1 N–H and O–H groups in total. The van der Waals surface area contributed by atoms with E-state index in [1.165, 1.54) is 0 Å². The van der Waals surface area contributed by atoms with Gasteiger partial charge in [0.05, 0.1) is 19.3 Å². The summed E-state index contributed by atoms with van der Waals surface area (Å²) in [4.78, 5) is 28.5.